The minimum absolute atomic E-state index is 0.0403. The predicted octanol–water partition coefficient (Wildman–Crippen LogP) is 5.96. The molecule has 0 saturated heterocycles. The molecule has 1 aliphatic rings. The Kier molecular flexibility index (Phi) is 6.00. The van der Waals surface area contributed by atoms with Crippen molar-refractivity contribution in [1.82, 2.24) is 0 Å². The second-order valence-electron chi connectivity index (χ2n) is 8.79. The van der Waals surface area contributed by atoms with Gasteiger partial charge < -0.3 is 10.6 Å². The molecule has 0 spiro atoms. The molecule has 0 aliphatic heterocycles. The van der Waals surface area contributed by atoms with Crippen molar-refractivity contribution in [2.75, 3.05) is 10.6 Å². The molecule has 3 rings (SSSR count). The lowest BCUT2D eigenvalue weighted by molar-refractivity contribution is -0.167. The van der Waals surface area contributed by atoms with Crippen molar-refractivity contribution in [2.24, 2.45) is 11.3 Å². The van der Waals surface area contributed by atoms with Crippen LogP contribution in [0.5, 0.6) is 0 Å². The lowest BCUT2D eigenvalue weighted by Crippen LogP contribution is -2.30. The van der Waals surface area contributed by atoms with Crippen molar-refractivity contribution >= 4 is 33.8 Å². The standard InChI is InChI=1S/C22H25F3N2O2S/c1-12-5-8-14(9-6-12)26-18(28)17-15-10-7-13(21(2,3)4)11-16(15)30-19(17)27-20(29)22(23,24)25/h5-6,8-9,13H,7,10-11H2,1-4H3,(H,26,28)(H,27,29). The van der Waals surface area contributed by atoms with Crippen molar-refractivity contribution in [1.29, 1.82) is 0 Å². The monoisotopic (exact) mass is 438 g/mol. The maximum absolute atomic E-state index is 13.0. The van der Waals surface area contributed by atoms with Crippen molar-refractivity contribution in [3.63, 3.8) is 0 Å². The summed E-state index contributed by atoms with van der Waals surface area (Å²) in [5.74, 6) is -2.23. The number of carbonyl (C=O) groups is 2. The first kappa shape index (κ1) is 22.3. The fourth-order valence-corrected chi connectivity index (χ4v) is 4.98. The second-order valence-corrected chi connectivity index (χ2v) is 9.89. The molecule has 30 heavy (non-hydrogen) atoms. The number of carbonyl (C=O) groups excluding carboxylic acids is 2. The van der Waals surface area contributed by atoms with Gasteiger partial charge in [-0.3, -0.25) is 9.59 Å². The first-order valence-electron chi connectivity index (χ1n) is 9.77. The SMILES string of the molecule is Cc1ccc(NC(=O)c2c(NC(=O)C(F)(F)F)sc3c2CCC(C(C)(C)C)C3)cc1. The summed E-state index contributed by atoms with van der Waals surface area (Å²) >= 11 is 1.07. The van der Waals surface area contributed by atoms with Gasteiger partial charge in [-0.05, 0) is 55.2 Å². The van der Waals surface area contributed by atoms with Gasteiger partial charge in [0.15, 0.2) is 0 Å². The summed E-state index contributed by atoms with van der Waals surface area (Å²) in [5, 5.41) is 4.64. The molecular weight excluding hydrogens is 413 g/mol. The summed E-state index contributed by atoms with van der Waals surface area (Å²) in [6.45, 7) is 8.31. The van der Waals surface area contributed by atoms with Crippen LogP contribution in [0.4, 0.5) is 23.9 Å². The molecule has 0 fully saturated rings. The Hall–Kier alpha value is -2.35. The average Bonchev–Trinajstić information content (AvgIpc) is 2.99. The van der Waals surface area contributed by atoms with Crippen LogP contribution in [0.25, 0.3) is 0 Å². The maximum atomic E-state index is 13.0. The van der Waals surface area contributed by atoms with E-state index < -0.39 is 18.0 Å². The van der Waals surface area contributed by atoms with Crippen LogP contribution in [0.2, 0.25) is 0 Å². The topological polar surface area (TPSA) is 58.2 Å². The second kappa shape index (κ2) is 8.06. The van der Waals surface area contributed by atoms with Gasteiger partial charge in [-0.15, -0.1) is 11.3 Å². The molecule has 8 heteroatoms. The lowest BCUT2D eigenvalue weighted by Gasteiger charge is -2.33. The Morgan fingerprint density at radius 2 is 1.70 bits per heavy atom. The molecule has 2 amide bonds. The number of hydrogen-bond donors (Lipinski definition) is 2. The Balaban J connectivity index is 1.97. The zero-order valence-corrected chi connectivity index (χ0v) is 18.2. The molecule has 1 atom stereocenters. The van der Waals surface area contributed by atoms with E-state index in [-0.39, 0.29) is 16.0 Å². The molecule has 1 aliphatic carbocycles. The molecule has 0 saturated carbocycles. The molecule has 0 radical (unpaired) electrons. The molecule has 1 unspecified atom stereocenters. The van der Waals surface area contributed by atoms with Crippen molar-refractivity contribution in [2.45, 2.75) is 53.1 Å². The van der Waals surface area contributed by atoms with Crippen LogP contribution in [0.1, 0.15) is 53.6 Å². The number of hydrogen-bond acceptors (Lipinski definition) is 3. The van der Waals surface area contributed by atoms with Crippen molar-refractivity contribution in [3.8, 4) is 0 Å². The van der Waals surface area contributed by atoms with Crippen LogP contribution < -0.4 is 10.6 Å². The van der Waals surface area contributed by atoms with Gasteiger partial charge >= 0.3 is 12.1 Å². The van der Waals surface area contributed by atoms with Gasteiger partial charge in [0.05, 0.1) is 5.56 Å². The average molecular weight is 439 g/mol. The Labute approximate surface area is 177 Å². The van der Waals surface area contributed by atoms with Crippen LogP contribution in [0, 0.1) is 18.3 Å². The summed E-state index contributed by atoms with van der Waals surface area (Å²) in [7, 11) is 0. The molecule has 1 aromatic heterocycles. The van der Waals surface area contributed by atoms with E-state index in [9.17, 15) is 22.8 Å². The Bertz CT molecular complexity index is 956. The lowest BCUT2D eigenvalue weighted by atomic mass is 9.72. The fourth-order valence-electron chi connectivity index (χ4n) is 3.66. The zero-order valence-electron chi connectivity index (χ0n) is 17.4. The summed E-state index contributed by atoms with van der Waals surface area (Å²) < 4.78 is 38.5. The van der Waals surface area contributed by atoms with E-state index in [0.29, 0.717) is 24.4 Å². The number of thiophene rings is 1. The molecule has 162 valence electrons. The molecule has 2 aromatic rings. The van der Waals surface area contributed by atoms with Gasteiger partial charge in [0.2, 0.25) is 0 Å². The van der Waals surface area contributed by atoms with Gasteiger partial charge in [-0.1, -0.05) is 38.5 Å². The largest absolute Gasteiger partial charge is 0.471 e. The summed E-state index contributed by atoms with van der Waals surface area (Å²) in [5.41, 5.74) is 2.49. The summed E-state index contributed by atoms with van der Waals surface area (Å²) in [6, 6.07) is 7.13. The number of fused-ring (bicyclic) bond motifs is 1. The van der Waals surface area contributed by atoms with Crippen LogP contribution in [-0.2, 0) is 17.6 Å². The fraction of sp³-hybridized carbons (Fsp3) is 0.455. The van der Waals surface area contributed by atoms with Crippen LogP contribution in [0.15, 0.2) is 24.3 Å². The number of amides is 2. The highest BCUT2D eigenvalue weighted by Crippen LogP contribution is 2.44. The van der Waals surface area contributed by atoms with Gasteiger partial charge in [0.1, 0.15) is 5.00 Å². The molecule has 1 aromatic carbocycles. The molecule has 4 nitrogen and oxygen atoms in total. The molecule has 2 N–H and O–H groups in total. The number of aryl methyl sites for hydroxylation is 1. The third-order valence-electron chi connectivity index (χ3n) is 5.51. The Morgan fingerprint density at radius 3 is 2.27 bits per heavy atom. The van der Waals surface area contributed by atoms with Crippen LogP contribution in [0.3, 0.4) is 0 Å². The van der Waals surface area contributed by atoms with E-state index in [1.165, 1.54) is 0 Å². The van der Waals surface area contributed by atoms with Crippen molar-refractivity contribution < 1.29 is 22.8 Å². The predicted molar refractivity (Wildman–Crippen MR) is 113 cm³/mol. The van der Waals surface area contributed by atoms with E-state index >= 15 is 0 Å². The van der Waals surface area contributed by atoms with Crippen molar-refractivity contribution in [3.05, 3.63) is 45.8 Å². The minimum Gasteiger partial charge on any atom is -0.322 e. The molecular formula is C22H25F3N2O2S. The zero-order chi connectivity index (χ0) is 22.3. The normalized spacial score (nSPS) is 16.7. The van der Waals surface area contributed by atoms with E-state index in [2.05, 4.69) is 26.1 Å². The van der Waals surface area contributed by atoms with Gasteiger partial charge in [-0.2, -0.15) is 13.2 Å². The quantitative estimate of drug-likeness (QED) is 0.621. The van der Waals surface area contributed by atoms with E-state index in [1.54, 1.807) is 12.1 Å². The Morgan fingerprint density at radius 1 is 1.07 bits per heavy atom. The third-order valence-corrected chi connectivity index (χ3v) is 6.68. The number of nitrogens with one attached hydrogen (secondary N) is 2. The smallest absolute Gasteiger partial charge is 0.322 e. The molecule has 0 bridgehead atoms. The van der Waals surface area contributed by atoms with Crippen LogP contribution >= 0.6 is 11.3 Å². The van der Waals surface area contributed by atoms with E-state index in [0.717, 1.165) is 33.8 Å². The minimum atomic E-state index is -5.02. The molecule has 1 heterocycles. The van der Waals surface area contributed by atoms with Gasteiger partial charge in [-0.25, -0.2) is 0 Å². The first-order chi connectivity index (χ1) is 13.9. The number of alkyl halides is 3. The maximum Gasteiger partial charge on any atom is 0.471 e. The highest BCUT2D eigenvalue weighted by Gasteiger charge is 2.41. The highest BCUT2D eigenvalue weighted by atomic mass is 32.1. The van der Waals surface area contributed by atoms with E-state index in [1.807, 2.05) is 24.4 Å². The van der Waals surface area contributed by atoms with Crippen LogP contribution in [-0.4, -0.2) is 18.0 Å². The van der Waals surface area contributed by atoms with Gasteiger partial charge in [0.25, 0.3) is 5.91 Å². The highest BCUT2D eigenvalue weighted by molar-refractivity contribution is 7.17. The third kappa shape index (κ3) is 4.86. The summed E-state index contributed by atoms with van der Waals surface area (Å²) in [6.07, 6.45) is -2.92. The number of halogens is 3. The van der Waals surface area contributed by atoms with E-state index in [4.69, 9.17) is 0 Å². The first-order valence-corrected chi connectivity index (χ1v) is 10.6. The summed E-state index contributed by atoms with van der Waals surface area (Å²) in [4.78, 5) is 25.5. The number of anilines is 2. The van der Waals surface area contributed by atoms with Gasteiger partial charge in [0, 0.05) is 10.6 Å². The number of benzene rings is 1. The number of rotatable bonds is 3.